The van der Waals surface area contributed by atoms with E-state index in [1.807, 2.05) is 31.2 Å². The number of ether oxygens (including phenoxy) is 1. The molecule has 0 fully saturated rings. The lowest BCUT2D eigenvalue weighted by molar-refractivity contribution is 0.0780. The molecule has 0 saturated heterocycles. The summed E-state index contributed by atoms with van der Waals surface area (Å²) < 4.78 is 5.66. The summed E-state index contributed by atoms with van der Waals surface area (Å²) in [6.45, 7) is 2.40. The quantitative estimate of drug-likeness (QED) is 0.830. The van der Waals surface area contributed by atoms with Crippen LogP contribution < -0.4 is 5.73 Å². The van der Waals surface area contributed by atoms with Crippen molar-refractivity contribution in [2.24, 2.45) is 0 Å². The van der Waals surface area contributed by atoms with E-state index in [1.54, 1.807) is 0 Å². The largest absolute Gasteiger partial charge is 0.395 e. The van der Waals surface area contributed by atoms with Crippen LogP contribution in [-0.4, -0.2) is 16.7 Å². The molecule has 1 atom stereocenters. The summed E-state index contributed by atoms with van der Waals surface area (Å²) in [6, 6.07) is 9.79. The molecular formula is C19H17N3O2. The second kappa shape index (κ2) is 6.72. The number of anilines is 1. The maximum Gasteiger partial charge on any atom is 0.142 e. The highest BCUT2D eigenvalue weighted by Gasteiger charge is 2.28. The molecule has 0 amide bonds. The molecule has 5 nitrogen and oxygen atoms in total. The van der Waals surface area contributed by atoms with E-state index in [0.29, 0.717) is 18.6 Å². The van der Waals surface area contributed by atoms with Crippen molar-refractivity contribution in [1.82, 2.24) is 4.98 Å². The molecule has 0 aliphatic carbocycles. The Morgan fingerprint density at radius 1 is 1.38 bits per heavy atom. The third-order valence-corrected chi connectivity index (χ3v) is 3.98. The van der Waals surface area contributed by atoms with Gasteiger partial charge >= 0.3 is 0 Å². The first-order chi connectivity index (χ1) is 11.7. The SMILES string of the molecule is C[C@H]1OCc2c1nc(N)c(C#N)c2-c1ccc(C#CCCO)cc1. The van der Waals surface area contributed by atoms with Crippen LogP contribution in [0.1, 0.15) is 41.8 Å². The smallest absolute Gasteiger partial charge is 0.142 e. The molecule has 1 aliphatic heterocycles. The summed E-state index contributed by atoms with van der Waals surface area (Å²) in [5.74, 6) is 6.11. The van der Waals surface area contributed by atoms with Gasteiger partial charge in [-0.3, -0.25) is 0 Å². The number of nitrogen functional groups attached to an aromatic ring is 1. The summed E-state index contributed by atoms with van der Waals surface area (Å²) in [6.07, 6.45) is 0.321. The van der Waals surface area contributed by atoms with Gasteiger partial charge in [0.05, 0.1) is 25.0 Å². The third kappa shape index (κ3) is 2.83. The Morgan fingerprint density at radius 2 is 2.12 bits per heavy atom. The van der Waals surface area contributed by atoms with Crippen LogP contribution in [0.3, 0.4) is 0 Å². The van der Waals surface area contributed by atoms with Gasteiger partial charge < -0.3 is 15.6 Å². The number of aliphatic hydroxyl groups excluding tert-OH is 1. The van der Waals surface area contributed by atoms with Crippen molar-refractivity contribution < 1.29 is 9.84 Å². The maximum absolute atomic E-state index is 9.50. The highest BCUT2D eigenvalue weighted by molar-refractivity contribution is 5.79. The van der Waals surface area contributed by atoms with Gasteiger partial charge in [-0.15, -0.1) is 0 Å². The minimum Gasteiger partial charge on any atom is -0.395 e. The average Bonchev–Trinajstić information content (AvgIpc) is 2.95. The average molecular weight is 319 g/mol. The third-order valence-electron chi connectivity index (χ3n) is 3.98. The van der Waals surface area contributed by atoms with Gasteiger partial charge in [-0.05, 0) is 24.6 Å². The van der Waals surface area contributed by atoms with E-state index in [4.69, 9.17) is 15.6 Å². The van der Waals surface area contributed by atoms with Gasteiger partial charge in [-0.25, -0.2) is 4.98 Å². The van der Waals surface area contributed by atoms with E-state index in [0.717, 1.165) is 27.9 Å². The molecule has 3 N–H and O–H groups in total. The Bertz CT molecular complexity index is 871. The lowest BCUT2D eigenvalue weighted by atomic mass is 9.93. The van der Waals surface area contributed by atoms with Gasteiger partial charge in [0.15, 0.2) is 0 Å². The van der Waals surface area contributed by atoms with Crippen LogP contribution in [0, 0.1) is 23.2 Å². The van der Waals surface area contributed by atoms with Crippen molar-refractivity contribution in [3.05, 3.63) is 46.6 Å². The number of pyridine rings is 1. The minimum atomic E-state index is -0.127. The van der Waals surface area contributed by atoms with Gasteiger partial charge in [0.25, 0.3) is 0 Å². The van der Waals surface area contributed by atoms with Gasteiger partial charge in [0.1, 0.15) is 17.5 Å². The number of aliphatic hydroxyl groups is 1. The van der Waals surface area contributed by atoms with Gasteiger partial charge in [0.2, 0.25) is 0 Å². The van der Waals surface area contributed by atoms with E-state index in [-0.39, 0.29) is 18.5 Å². The maximum atomic E-state index is 9.50. The topological polar surface area (TPSA) is 92.2 Å². The molecule has 3 rings (SSSR count). The second-order valence-electron chi connectivity index (χ2n) is 5.53. The van der Waals surface area contributed by atoms with E-state index in [2.05, 4.69) is 22.9 Å². The minimum absolute atomic E-state index is 0.0528. The summed E-state index contributed by atoms with van der Waals surface area (Å²) >= 11 is 0. The first-order valence-electron chi connectivity index (χ1n) is 7.69. The highest BCUT2D eigenvalue weighted by atomic mass is 16.5. The predicted octanol–water partition coefficient (Wildman–Crippen LogP) is 2.53. The Hall–Kier alpha value is -2.86. The molecule has 1 aliphatic rings. The van der Waals surface area contributed by atoms with Crippen molar-refractivity contribution in [2.45, 2.75) is 26.1 Å². The predicted molar refractivity (Wildman–Crippen MR) is 90.6 cm³/mol. The van der Waals surface area contributed by atoms with Crippen molar-refractivity contribution in [1.29, 1.82) is 5.26 Å². The fraction of sp³-hybridized carbons (Fsp3) is 0.263. The Balaban J connectivity index is 2.09. The number of benzene rings is 1. The lowest BCUT2D eigenvalue weighted by Gasteiger charge is -2.12. The lowest BCUT2D eigenvalue weighted by Crippen LogP contribution is -2.04. The van der Waals surface area contributed by atoms with Crippen LogP contribution in [0.5, 0.6) is 0 Å². The molecule has 0 radical (unpaired) electrons. The van der Waals surface area contributed by atoms with Crippen molar-refractivity contribution >= 4 is 5.82 Å². The molecule has 2 heterocycles. The molecule has 1 aromatic carbocycles. The fourth-order valence-electron chi connectivity index (χ4n) is 2.80. The molecule has 0 spiro atoms. The van der Waals surface area contributed by atoms with Crippen molar-refractivity contribution in [3.63, 3.8) is 0 Å². The highest BCUT2D eigenvalue weighted by Crippen LogP contribution is 2.39. The molecule has 0 bridgehead atoms. The molecular weight excluding hydrogens is 302 g/mol. The van der Waals surface area contributed by atoms with E-state index >= 15 is 0 Å². The van der Waals surface area contributed by atoms with Gasteiger partial charge in [-0.1, -0.05) is 24.0 Å². The van der Waals surface area contributed by atoms with Gasteiger partial charge in [-0.2, -0.15) is 5.26 Å². The summed E-state index contributed by atoms with van der Waals surface area (Å²) in [4.78, 5) is 4.34. The molecule has 120 valence electrons. The number of nitrogens with zero attached hydrogens (tertiary/aromatic N) is 2. The number of rotatable bonds is 2. The Morgan fingerprint density at radius 3 is 2.79 bits per heavy atom. The molecule has 0 unspecified atom stereocenters. The number of hydrogen-bond donors (Lipinski definition) is 2. The molecule has 2 aromatic rings. The molecule has 5 heteroatoms. The van der Waals surface area contributed by atoms with Gasteiger partial charge in [0, 0.05) is 23.1 Å². The number of nitriles is 1. The van der Waals surface area contributed by atoms with Crippen LogP contribution in [-0.2, 0) is 11.3 Å². The summed E-state index contributed by atoms with van der Waals surface area (Å²) in [5.41, 5.74) is 10.6. The summed E-state index contributed by atoms with van der Waals surface area (Å²) in [5, 5.41) is 18.3. The zero-order valence-electron chi connectivity index (χ0n) is 13.3. The Labute approximate surface area is 140 Å². The van der Waals surface area contributed by atoms with E-state index in [1.165, 1.54) is 0 Å². The van der Waals surface area contributed by atoms with Crippen LogP contribution in [0.2, 0.25) is 0 Å². The zero-order chi connectivity index (χ0) is 17.1. The fourth-order valence-corrected chi connectivity index (χ4v) is 2.80. The number of aromatic nitrogens is 1. The Kier molecular flexibility index (Phi) is 4.48. The number of hydrogen-bond acceptors (Lipinski definition) is 5. The first kappa shape index (κ1) is 16.0. The molecule has 24 heavy (non-hydrogen) atoms. The number of fused-ring (bicyclic) bond motifs is 1. The normalized spacial score (nSPS) is 15.3. The zero-order valence-corrected chi connectivity index (χ0v) is 13.3. The van der Waals surface area contributed by atoms with E-state index in [9.17, 15) is 5.26 Å². The monoisotopic (exact) mass is 319 g/mol. The van der Waals surface area contributed by atoms with Crippen molar-refractivity contribution in [3.8, 4) is 29.0 Å². The molecule has 0 saturated carbocycles. The van der Waals surface area contributed by atoms with Crippen LogP contribution in [0.4, 0.5) is 5.82 Å². The van der Waals surface area contributed by atoms with Crippen LogP contribution in [0.25, 0.3) is 11.1 Å². The molecule has 1 aromatic heterocycles. The van der Waals surface area contributed by atoms with Crippen molar-refractivity contribution in [2.75, 3.05) is 12.3 Å². The van der Waals surface area contributed by atoms with E-state index < -0.39 is 0 Å². The van der Waals surface area contributed by atoms with Crippen LogP contribution >= 0.6 is 0 Å². The number of nitrogens with two attached hydrogens (primary N) is 1. The van der Waals surface area contributed by atoms with Crippen LogP contribution in [0.15, 0.2) is 24.3 Å². The first-order valence-corrected chi connectivity index (χ1v) is 7.69. The second-order valence-corrected chi connectivity index (χ2v) is 5.53. The standard InChI is InChI=1S/C19H17N3O2/c1-12-18-16(11-24-12)17(15(10-20)19(21)22-18)14-7-5-13(6-8-14)4-2-3-9-23/h5-8,12,23H,3,9,11H2,1H3,(H2,21,22)/t12-/m1/s1. The summed E-state index contributed by atoms with van der Waals surface area (Å²) in [7, 11) is 0.